The number of anilines is 1. The Morgan fingerprint density at radius 3 is 2.24 bits per heavy atom. The molecule has 0 aliphatic heterocycles. The van der Waals surface area contributed by atoms with Crippen LogP contribution in [0.25, 0.3) is 0 Å². The standard InChI is InChI=1S/C12H16N2O2S/c1-12(2,3)16-11(15)14(10(13)17)9-7-5-4-6-8-9/h4-8H,1-3H3,(H2,13,17). The second kappa shape index (κ2) is 5.14. The lowest BCUT2D eigenvalue weighted by atomic mass is 10.2. The number of nitrogens with zero attached hydrogens (tertiary/aromatic N) is 1. The van der Waals surface area contributed by atoms with E-state index in [9.17, 15) is 4.79 Å². The molecule has 1 amide bonds. The van der Waals surface area contributed by atoms with Gasteiger partial charge in [0.25, 0.3) is 0 Å². The first-order chi connectivity index (χ1) is 7.81. The molecule has 92 valence electrons. The molecule has 4 nitrogen and oxygen atoms in total. The first kappa shape index (κ1) is 13.4. The topological polar surface area (TPSA) is 55.6 Å². The van der Waals surface area contributed by atoms with Crippen molar-refractivity contribution in [2.45, 2.75) is 26.4 Å². The summed E-state index contributed by atoms with van der Waals surface area (Å²) in [6.07, 6.45) is -0.573. The summed E-state index contributed by atoms with van der Waals surface area (Å²) in [7, 11) is 0. The molecule has 0 aromatic heterocycles. The Hall–Kier alpha value is -1.62. The highest BCUT2D eigenvalue weighted by Gasteiger charge is 2.25. The van der Waals surface area contributed by atoms with Gasteiger partial charge in [-0.3, -0.25) is 0 Å². The third-order valence-corrected chi connectivity index (χ3v) is 1.99. The predicted molar refractivity (Wildman–Crippen MR) is 71.9 cm³/mol. The average molecular weight is 252 g/mol. The summed E-state index contributed by atoms with van der Waals surface area (Å²) in [5.74, 6) is 0. The third kappa shape index (κ3) is 4.03. The van der Waals surface area contributed by atoms with Crippen molar-refractivity contribution in [3.05, 3.63) is 30.3 Å². The fourth-order valence-corrected chi connectivity index (χ4v) is 1.39. The lowest BCUT2D eigenvalue weighted by molar-refractivity contribution is 0.0604. The fourth-order valence-electron chi connectivity index (χ4n) is 1.21. The lowest BCUT2D eigenvalue weighted by Gasteiger charge is -2.26. The summed E-state index contributed by atoms with van der Waals surface area (Å²) in [5.41, 5.74) is 5.55. The first-order valence-corrected chi connectivity index (χ1v) is 5.59. The van der Waals surface area contributed by atoms with Gasteiger partial charge in [-0.2, -0.15) is 0 Å². The molecule has 1 aromatic carbocycles. The van der Waals surface area contributed by atoms with Crippen molar-refractivity contribution < 1.29 is 9.53 Å². The molecule has 0 fully saturated rings. The van der Waals surface area contributed by atoms with Crippen LogP contribution in [0.3, 0.4) is 0 Å². The molecule has 0 aliphatic rings. The van der Waals surface area contributed by atoms with Gasteiger partial charge in [-0.25, -0.2) is 9.69 Å². The number of nitrogens with two attached hydrogens (primary N) is 1. The molecule has 0 unspecified atom stereocenters. The fraction of sp³-hybridized carbons (Fsp3) is 0.333. The van der Waals surface area contributed by atoms with E-state index < -0.39 is 11.7 Å². The van der Waals surface area contributed by atoms with Gasteiger partial charge in [-0.15, -0.1) is 0 Å². The van der Waals surface area contributed by atoms with Gasteiger partial charge in [0.05, 0.1) is 5.69 Å². The van der Waals surface area contributed by atoms with Gasteiger partial charge in [0, 0.05) is 0 Å². The molecule has 0 radical (unpaired) electrons. The van der Waals surface area contributed by atoms with Crippen molar-refractivity contribution in [3.8, 4) is 0 Å². The minimum Gasteiger partial charge on any atom is -0.443 e. The van der Waals surface area contributed by atoms with E-state index in [1.165, 1.54) is 4.90 Å². The van der Waals surface area contributed by atoms with E-state index in [1.807, 2.05) is 6.07 Å². The van der Waals surface area contributed by atoms with Gasteiger partial charge >= 0.3 is 6.09 Å². The molecule has 0 spiro atoms. The van der Waals surface area contributed by atoms with Crippen LogP contribution in [0, 0.1) is 0 Å². The minimum atomic E-state index is -0.588. The second-order valence-electron chi connectivity index (χ2n) is 4.49. The van der Waals surface area contributed by atoms with Crippen LogP contribution in [0.4, 0.5) is 10.5 Å². The molecule has 0 aliphatic carbocycles. The Balaban J connectivity index is 2.96. The molecule has 0 bridgehead atoms. The number of ether oxygens (including phenoxy) is 1. The Kier molecular flexibility index (Phi) is 4.07. The van der Waals surface area contributed by atoms with Crippen molar-refractivity contribution in [2.24, 2.45) is 5.73 Å². The van der Waals surface area contributed by atoms with Crippen molar-refractivity contribution in [2.75, 3.05) is 4.90 Å². The maximum Gasteiger partial charge on any atom is 0.421 e. The second-order valence-corrected chi connectivity index (χ2v) is 4.91. The number of thiocarbonyl (C=S) groups is 1. The molecular formula is C12H16N2O2S. The maximum absolute atomic E-state index is 11.9. The monoisotopic (exact) mass is 252 g/mol. The molecule has 0 atom stereocenters. The summed E-state index contributed by atoms with van der Waals surface area (Å²) in [6.45, 7) is 5.36. The molecule has 2 N–H and O–H groups in total. The molecule has 1 rings (SSSR count). The van der Waals surface area contributed by atoms with Crippen LogP contribution in [0.5, 0.6) is 0 Å². The van der Waals surface area contributed by atoms with Crippen LogP contribution < -0.4 is 10.6 Å². The zero-order chi connectivity index (χ0) is 13.1. The highest BCUT2D eigenvalue weighted by molar-refractivity contribution is 7.80. The Morgan fingerprint density at radius 1 is 1.29 bits per heavy atom. The number of amides is 1. The summed E-state index contributed by atoms with van der Waals surface area (Å²) < 4.78 is 5.24. The molecule has 1 aromatic rings. The van der Waals surface area contributed by atoms with E-state index in [2.05, 4.69) is 0 Å². The van der Waals surface area contributed by atoms with E-state index >= 15 is 0 Å². The summed E-state index contributed by atoms with van der Waals surface area (Å²) in [4.78, 5) is 13.1. The number of carbonyl (C=O) groups is 1. The zero-order valence-corrected chi connectivity index (χ0v) is 11.0. The predicted octanol–water partition coefficient (Wildman–Crippen LogP) is 2.67. The highest BCUT2D eigenvalue weighted by Crippen LogP contribution is 2.17. The molecule has 0 heterocycles. The van der Waals surface area contributed by atoms with E-state index in [0.29, 0.717) is 5.69 Å². The normalized spacial score (nSPS) is 10.8. The Morgan fingerprint density at radius 2 is 1.82 bits per heavy atom. The molecule has 0 saturated heterocycles. The average Bonchev–Trinajstić information content (AvgIpc) is 2.15. The van der Waals surface area contributed by atoms with Crippen molar-refractivity contribution in [1.29, 1.82) is 0 Å². The van der Waals surface area contributed by atoms with Crippen LogP contribution in [0.1, 0.15) is 20.8 Å². The molecule has 5 heteroatoms. The van der Waals surface area contributed by atoms with Gasteiger partial charge in [-0.1, -0.05) is 18.2 Å². The molecule has 0 saturated carbocycles. The van der Waals surface area contributed by atoms with Gasteiger partial charge < -0.3 is 10.5 Å². The lowest BCUT2D eigenvalue weighted by Crippen LogP contribution is -2.43. The van der Waals surface area contributed by atoms with Gasteiger partial charge in [-0.05, 0) is 45.1 Å². The van der Waals surface area contributed by atoms with Crippen LogP contribution in [0.2, 0.25) is 0 Å². The number of carbonyl (C=O) groups excluding carboxylic acids is 1. The summed E-state index contributed by atoms with van der Waals surface area (Å²) in [5, 5.41) is -0.0366. The summed E-state index contributed by atoms with van der Waals surface area (Å²) in [6, 6.07) is 8.92. The molecular weight excluding hydrogens is 236 g/mol. The highest BCUT2D eigenvalue weighted by atomic mass is 32.1. The first-order valence-electron chi connectivity index (χ1n) is 5.19. The van der Waals surface area contributed by atoms with Crippen molar-refractivity contribution in [1.82, 2.24) is 0 Å². The number of benzene rings is 1. The number of hydrogen-bond donors (Lipinski definition) is 1. The van der Waals surface area contributed by atoms with E-state index in [1.54, 1.807) is 45.0 Å². The van der Waals surface area contributed by atoms with E-state index in [4.69, 9.17) is 22.7 Å². The number of hydrogen-bond acceptors (Lipinski definition) is 3. The Bertz CT molecular complexity index is 412. The minimum absolute atomic E-state index is 0.0366. The maximum atomic E-state index is 11.9. The Labute approximate surface area is 106 Å². The van der Waals surface area contributed by atoms with Crippen molar-refractivity contribution in [3.63, 3.8) is 0 Å². The quantitative estimate of drug-likeness (QED) is 0.781. The van der Waals surface area contributed by atoms with Crippen LogP contribution in [-0.4, -0.2) is 16.8 Å². The van der Waals surface area contributed by atoms with Gasteiger partial charge in [0.1, 0.15) is 5.60 Å². The number of rotatable bonds is 1. The third-order valence-electron chi connectivity index (χ3n) is 1.81. The van der Waals surface area contributed by atoms with Gasteiger partial charge in [0.2, 0.25) is 0 Å². The molecule has 17 heavy (non-hydrogen) atoms. The number of para-hydroxylation sites is 1. The largest absolute Gasteiger partial charge is 0.443 e. The van der Waals surface area contributed by atoms with Crippen LogP contribution in [-0.2, 0) is 4.74 Å². The van der Waals surface area contributed by atoms with Crippen molar-refractivity contribution >= 4 is 29.1 Å². The smallest absolute Gasteiger partial charge is 0.421 e. The SMILES string of the molecule is CC(C)(C)OC(=O)N(C(N)=S)c1ccccc1. The van der Waals surface area contributed by atoms with E-state index in [0.717, 1.165) is 0 Å². The zero-order valence-electron chi connectivity index (χ0n) is 10.1. The van der Waals surface area contributed by atoms with Crippen LogP contribution >= 0.6 is 12.2 Å². The van der Waals surface area contributed by atoms with Gasteiger partial charge in [0.15, 0.2) is 5.11 Å². The summed E-state index contributed by atoms with van der Waals surface area (Å²) >= 11 is 4.87. The van der Waals surface area contributed by atoms with Crippen LogP contribution in [0.15, 0.2) is 30.3 Å². The van der Waals surface area contributed by atoms with E-state index in [-0.39, 0.29) is 5.11 Å².